The van der Waals surface area contributed by atoms with Crippen LogP contribution in [0.1, 0.15) is 58.8 Å². The number of anilines is 1. The second-order valence-electron chi connectivity index (χ2n) is 11.0. The molecule has 0 aliphatic carbocycles. The maximum atomic E-state index is 14.1. The van der Waals surface area contributed by atoms with Gasteiger partial charge >= 0.3 is 0 Å². The molecule has 0 radical (unpaired) electrons. The molecule has 2 unspecified atom stereocenters. The molecular weight excluding hydrogens is 482 g/mol. The van der Waals surface area contributed by atoms with Crippen LogP contribution in [0.15, 0.2) is 42.5 Å². The highest BCUT2D eigenvalue weighted by Gasteiger charge is 2.78. The topological polar surface area (TPSA) is 108 Å². The molecule has 1 spiro atoms. The van der Waals surface area contributed by atoms with Crippen molar-refractivity contribution in [2.24, 2.45) is 11.8 Å². The summed E-state index contributed by atoms with van der Waals surface area (Å²) < 4.78 is 6.78. The van der Waals surface area contributed by atoms with E-state index in [1.807, 2.05) is 56.3 Å². The van der Waals surface area contributed by atoms with E-state index in [1.54, 1.807) is 4.90 Å². The Kier molecular flexibility index (Phi) is 7.47. The first-order chi connectivity index (χ1) is 18.4. The molecule has 0 aromatic heterocycles. The summed E-state index contributed by atoms with van der Waals surface area (Å²) in [5.41, 5.74) is -1.10. The Balaban J connectivity index is 1.49. The first kappa shape index (κ1) is 26.6. The molecule has 3 saturated heterocycles. The van der Waals surface area contributed by atoms with Gasteiger partial charge in [0.25, 0.3) is 0 Å². The number of nitrogens with one attached hydrogen (secondary N) is 2. The zero-order chi connectivity index (χ0) is 26.9. The van der Waals surface area contributed by atoms with Crippen molar-refractivity contribution in [1.82, 2.24) is 10.2 Å². The number of hydrogen-bond acceptors (Lipinski definition) is 5. The number of nitrogens with zero attached hydrogens (tertiary/aromatic N) is 1. The summed E-state index contributed by atoms with van der Waals surface area (Å²) >= 11 is 0. The number of unbranched alkanes of at least 4 members (excludes halogenated alkanes) is 2. The van der Waals surface area contributed by atoms with Crippen molar-refractivity contribution in [2.45, 2.75) is 76.0 Å². The molecule has 0 saturated carbocycles. The van der Waals surface area contributed by atoms with Crippen molar-refractivity contribution < 1.29 is 24.2 Å². The van der Waals surface area contributed by atoms with Gasteiger partial charge < -0.3 is 25.4 Å². The fraction of sp³-hybridized carbons (Fsp3) is 0.567. The van der Waals surface area contributed by atoms with Crippen molar-refractivity contribution in [2.75, 3.05) is 25.0 Å². The van der Waals surface area contributed by atoms with Crippen LogP contribution >= 0.6 is 0 Å². The van der Waals surface area contributed by atoms with E-state index in [-0.39, 0.29) is 24.3 Å². The number of carbonyl (C=O) groups is 3. The molecule has 8 nitrogen and oxygen atoms in total. The lowest BCUT2D eigenvalue weighted by Crippen LogP contribution is -2.53. The van der Waals surface area contributed by atoms with Crippen LogP contribution in [0, 0.1) is 11.8 Å². The number of aliphatic hydroxyl groups excluding tert-OH is 1. The maximum Gasteiger partial charge on any atom is 0.250 e. The third-order valence-corrected chi connectivity index (χ3v) is 8.84. The van der Waals surface area contributed by atoms with Crippen LogP contribution < -0.4 is 10.6 Å². The summed E-state index contributed by atoms with van der Waals surface area (Å²) in [6.45, 7) is 5.02. The predicted octanol–water partition coefficient (Wildman–Crippen LogP) is 3.62. The number of rotatable bonds is 11. The van der Waals surface area contributed by atoms with Crippen LogP contribution in [0.5, 0.6) is 0 Å². The molecule has 8 heteroatoms. The molecule has 5 atom stereocenters. The number of ether oxygens (including phenoxy) is 1. The van der Waals surface area contributed by atoms with E-state index in [0.717, 1.165) is 23.6 Å². The molecule has 2 aromatic rings. The third-order valence-electron chi connectivity index (χ3n) is 8.84. The summed E-state index contributed by atoms with van der Waals surface area (Å²) in [6, 6.07) is 12.9. The number of likely N-dealkylation sites (tertiary alicyclic amines) is 1. The smallest absolute Gasteiger partial charge is 0.250 e. The highest BCUT2D eigenvalue weighted by Crippen LogP contribution is 2.64. The predicted molar refractivity (Wildman–Crippen MR) is 145 cm³/mol. The number of aliphatic hydroxyl groups is 1. The van der Waals surface area contributed by atoms with Crippen molar-refractivity contribution in [3.63, 3.8) is 0 Å². The van der Waals surface area contributed by atoms with Crippen LogP contribution in [0.2, 0.25) is 0 Å². The minimum absolute atomic E-state index is 0.0915. The molecule has 38 heavy (non-hydrogen) atoms. The van der Waals surface area contributed by atoms with Gasteiger partial charge in [-0.1, -0.05) is 44.2 Å². The lowest BCUT2D eigenvalue weighted by Gasteiger charge is -2.34. The molecule has 204 valence electrons. The Hall–Kier alpha value is -2.97. The average molecular weight is 522 g/mol. The van der Waals surface area contributed by atoms with E-state index < -0.39 is 29.1 Å². The summed E-state index contributed by atoms with van der Waals surface area (Å²) in [4.78, 5) is 43.2. The fourth-order valence-corrected chi connectivity index (χ4v) is 7.06. The van der Waals surface area contributed by atoms with Crippen LogP contribution in [0.4, 0.5) is 5.69 Å². The Bertz CT molecular complexity index is 1220. The number of fused-ring (bicyclic) bond motifs is 2. The Morgan fingerprint density at radius 3 is 2.58 bits per heavy atom. The van der Waals surface area contributed by atoms with Gasteiger partial charge in [0.05, 0.1) is 17.4 Å². The molecule has 3 heterocycles. The van der Waals surface area contributed by atoms with Crippen molar-refractivity contribution in [3.8, 4) is 0 Å². The lowest BCUT2D eigenvalue weighted by molar-refractivity contribution is -0.146. The second kappa shape index (κ2) is 10.7. The second-order valence-corrected chi connectivity index (χ2v) is 11.0. The first-order valence-corrected chi connectivity index (χ1v) is 14.1. The number of amides is 3. The third kappa shape index (κ3) is 4.28. The lowest BCUT2D eigenvalue weighted by atomic mass is 9.65. The van der Waals surface area contributed by atoms with Crippen LogP contribution in [-0.4, -0.2) is 64.7 Å². The Morgan fingerprint density at radius 1 is 1.05 bits per heavy atom. The van der Waals surface area contributed by atoms with E-state index in [4.69, 9.17) is 4.74 Å². The normalized spacial score (nSPS) is 29.6. The van der Waals surface area contributed by atoms with E-state index >= 15 is 0 Å². The van der Waals surface area contributed by atoms with Gasteiger partial charge in [-0.25, -0.2) is 0 Å². The summed E-state index contributed by atoms with van der Waals surface area (Å²) in [6.07, 6.45) is 4.68. The SMILES string of the molecule is CCCNC(=O)[C@@H]1[C@H]2C(=O)N(CCCCCO)C(C(=O)Nc3ccc4ccccc4c3)C23CC[C@@]1(CC)O3. The van der Waals surface area contributed by atoms with Gasteiger partial charge in [0.15, 0.2) is 0 Å². The zero-order valence-electron chi connectivity index (χ0n) is 22.4. The standard InChI is InChI=1S/C30H39N3O5/c1-3-16-31-26(35)23-24-28(37)33(17-8-5-9-18-34)25(30(24)15-14-29(23,4-2)38-30)27(36)32-22-13-12-20-10-6-7-11-21(20)19-22/h6-7,10-13,19,23-25,34H,3-5,8-9,14-18H2,1-2H3,(H,31,35)(H,32,36)/t23-,24-,25?,29+,30?/m0/s1. The van der Waals surface area contributed by atoms with Crippen molar-refractivity contribution in [3.05, 3.63) is 42.5 Å². The van der Waals surface area contributed by atoms with Gasteiger partial charge in [-0.2, -0.15) is 0 Å². The molecule has 5 rings (SSSR count). The summed E-state index contributed by atoms with van der Waals surface area (Å²) in [5, 5.41) is 17.4. The van der Waals surface area contributed by atoms with Crippen molar-refractivity contribution in [1.29, 1.82) is 0 Å². The molecule has 2 bridgehead atoms. The summed E-state index contributed by atoms with van der Waals surface area (Å²) in [5.74, 6) is -1.89. The molecule has 3 aliphatic heterocycles. The highest BCUT2D eigenvalue weighted by atomic mass is 16.5. The van der Waals surface area contributed by atoms with E-state index in [1.165, 1.54) is 0 Å². The molecule has 3 aliphatic rings. The summed E-state index contributed by atoms with van der Waals surface area (Å²) in [7, 11) is 0. The molecule has 3 fully saturated rings. The average Bonchev–Trinajstić information content (AvgIpc) is 3.53. The molecule has 3 N–H and O–H groups in total. The molecular formula is C30H39N3O5. The zero-order valence-corrected chi connectivity index (χ0v) is 22.4. The van der Waals surface area contributed by atoms with E-state index in [2.05, 4.69) is 10.6 Å². The van der Waals surface area contributed by atoms with Crippen LogP contribution in [-0.2, 0) is 19.1 Å². The van der Waals surface area contributed by atoms with Gasteiger partial charge in [0.1, 0.15) is 11.6 Å². The monoisotopic (exact) mass is 521 g/mol. The van der Waals surface area contributed by atoms with Crippen LogP contribution in [0.3, 0.4) is 0 Å². The number of benzene rings is 2. The number of hydrogen-bond donors (Lipinski definition) is 3. The Morgan fingerprint density at radius 2 is 1.84 bits per heavy atom. The largest absolute Gasteiger partial charge is 0.396 e. The molecule has 2 aromatic carbocycles. The van der Waals surface area contributed by atoms with Crippen LogP contribution in [0.25, 0.3) is 10.8 Å². The minimum atomic E-state index is -1.03. The highest BCUT2D eigenvalue weighted by molar-refractivity contribution is 6.04. The van der Waals surface area contributed by atoms with Gasteiger partial charge in [0.2, 0.25) is 17.7 Å². The quantitative estimate of drug-likeness (QED) is 0.392. The van der Waals surface area contributed by atoms with E-state index in [0.29, 0.717) is 50.9 Å². The molecule has 3 amide bonds. The van der Waals surface area contributed by atoms with Gasteiger partial charge in [-0.3, -0.25) is 14.4 Å². The fourth-order valence-electron chi connectivity index (χ4n) is 7.06. The maximum absolute atomic E-state index is 14.1. The minimum Gasteiger partial charge on any atom is -0.396 e. The van der Waals surface area contributed by atoms with Gasteiger partial charge in [-0.15, -0.1) is 0 Å². The Labute approximate surface area is 224 Å². The number of carbonyl (C=O) groups excluding carboxylic acids is 3. The van der Waals surface area contributed by atoms with Gasteiger partial charge in [0, 0.05) is 25.4 Å². The van der Waals surface area contributed by atoms with Crippen molar-refractivity contribution >= 4 is 34.2 Å². The van der Waals surface area contributed by atoms with Gasteiger partial charge in [-0.05, 0) is 67.9 Å². The van der Waals surface area contributed by atoms with E-state index in [9.17, 15) is 19.5 Å². The first-order valence-electron chi connectivity index (χ1n) is 14.1.